The molecule has 0 atom stereocenters. The van der Waals surface area contributed by atoms with Crippen molar-refractivity contribution in [1.29, 1.82) is 0 Å². The third-order valence-electron chi connectivity index (χ3n) is 1.91. The van der Waals surface area contributed by atoms with E-state index in [2.05, 4.69) is 10.4 Å². The summed E-state index contributed by atoms with van der Waals surface area (Å²) in [5.41, 5.74) is 0.818. The Bertz CT molecular complexity index is 322. The zero-order chi connectivity index (χ0) is 10.6. The van der Waals surface area contributed by atoms with Gasteiger partial charge in [0, 0.05) is 6.54 Å². The predicted molar refractivity (Wildman–Crippen MR) is 55.3 cm³/mol. The highest BCUT2D eigenvalue weighted by molar-refractivity contribution is 6.31. The maximum Gasteiger partial charge on any atom is 0.241 e. The summed E-state index contributed by atoms with van der Waals surface area (Å²) in [5, 5.41) is 7.35. The third kappa shape index (κ3) is 2.73. The first kappa shape index (κ1) is 11.0. The Morgan fingerprint density at radius 1 is 1.71 bits per heavy atom. The van der Waals surface area contributed by atoms with Crippen LogP contribution in [0, 0.1) is 6.92 Å². The first-order chi connectivity index (χ1) is 6.65. The topological polar surface area (TPSA) is 46.9 Å². The zero-order valence-electron chi connectivity index (χ0n) is 8.38. The van der Waals surface area contributed by atoms with Crippen LogP contribution in [-0.2, 0) is 11.3 Å². The smallest absolute Gasteiger partial charge is 0.241 e. The number of rotatable bonds is 4. The molecule has 1 N–H and O–H groups in total. The fourth-order valence-corrected chi connectivity index (χ4v) is 1.18. The second kappa shape index (κ2) is 5.00. The van der Waals surface area contributed by atoms with Gasteiger partial charge in [-0.25, -0.2) is 0 Å². The van der Waals surface area contributed by atoms with E-state index in [1.54, 1.807) is 10.9 Å². The van der Waals surface area contributed by atoms with Crippen molar-refractivity contribution in [3.63, 3.8) is 0 Å². The molecule has 0 aromatic carbocycles. The van der Waals surface area contributed by atoms with Crippen molar-refractivity contribution >= 4 is 17.5 Å². The Labute approximate surface area is 88.2 Å². The van der Waals surface area contributed by atoms with E-state index >= 15 is 0 Å². The highest BCUT2D eigenvalue weighted by Gasteiger charge is 2.07. The first-order valence-corrected chi connectivity index (χ1v) is 4.97. The minimum atomic E-state index is -0.0327. The number of halogens is 1. The van der Waals surface area contributed by atoms with E-state index in [0.717, 1.165) is 12.1 Å². The van der Waals surface area contributed by atoms with Gasteiger partial charge in [0.25, 0.3) is 0 Å². The molecule has 1 aromatic heterocycles. The summed E-state index contributed by atoms with van der Waals surface area (Å²) >= 11 is 5.80. The minimum Gasteiger partial charge on any atom is -0.355 e. The molecule has 0 unspecified atom stereocenters. The van der Waals surface area contributed by atoms with Crippen LogP contribution in [0.5, 0.6) is 0 Å². The van der Waals surface area contributed by atoms with E-state index in [-0.39, 0.29) is 12.5 Å². The molecule has 0 aliphatic carbocycles. The largest absolute Gasteiger partial charge is 0.355 e. The number of hydrogen-bond acceptors (Lipinski definition) is 2. The Balaban J connectivity index is 2.52. The molecule has 1 amide bonds. The first-order valence-electron chi connectivity index (χ1n) is 4.59. The quantitative estimate of drug-likeness (QED) is 0.825. The summed E-state index contributed by atoms with van der Waals surface area (Å²) in [5.74, 6) is -0.0327. The van der Waals surface area contributed by atoms with Gasteiger partial charge in [-0.05, 0) is 13.3 Å². The van der Waals surface area contributed by atoms with Crippen LogP contribution >= 0.6 is 11.6 Å². The van der Waals surface area contributed by atoms with Gasteiger partial charge in [-0.2, -0.15) is 5.10 Å². The van der Waals surface area contributed by atoms with Gasteiger partial charge in [0.15, 0.2) is 0 Å². The molecule has 0 saturated carbocycles. The van der Waals surface area contributed by atoms with Crippen molar-refractivity contribution < 1.29 is 4.79 Å². The Morgan fingerprint density at radius 3 is 2.93 bits per heavy atom. The van der Waals surface area contributed by atoms with Gasteiger partial charge in [0.05, 0.1) is 16.9 Å². The number of nitrogens with zero attached hydrogens (tertiary/aromatic N) is 2. The highest BCUT2D eigenvalue weighted by atomic mass is 35.5. The lowest BCUT2D eigenvalue weighted by molar-refractivity contribution is -0.121. The van der Waals surface area contributed by atoms with Crippen LogP contribution in [0.2, 0.25) is 5.02 Å². The summed E-state index contributed by atoms with van der Waals surface area (Å²) in [6, 6.07) is 0. The summed E-state index contributed by atoms with van der Waals surface area (Å²) in [6.45, 7) is 4.78. The number of aromatic nitrogens is 2. The molecule has 0 bridgehead atoms. The molecule has 0 spiro atoms. The SMILES string of the molecule is CCCNC(=O)Cn1ncc(Cl)c1C. The van der Waals surface area contributed by atoms with Gasteiger partial charge in [-0.1, -0.05) is 18.5 Å². The normalized spacial score (nSPS) is 10.2. The van der Waals surface area contributed by atoms with Crippen LogP contribution in [0.3, 0.4) is 0 Å². The molecule has 4 nitrogen and oxygen atoms in total. The molecule has 0 fully saturated rings. The number of nitrogens with one attached hydrogen (secondary N) is 1. The standard InChI is InChI=1S/C9H14ClN3O/c1-3-4-11-9(14)6-13-7(2)8(10)5-12-13/h5H,3-4,6H2,1-2H3,(H,11,14). The molecule has 78 valence electrons. The van der Waals surface area contributed by atoms with Crippen molar-refractivity contribution in [1.82, 2.24) is 15.1 Å². The molecule has 1 aromatic rings. The molecule has 1 heterocycles. The van der Waals surface area contributed by atoms with Crippen LogP contribution in [0.1, 0.15) is 19.0 Å². The number of carbonyl (C=O) groups excluding carboxylic acids is 1. The van der Waals surface area contributed by atoms with Gasteiger partial charge in [0.1, 0.15) is 6.54 Å². The maximum absolute atomic E-state index is 11.3. The van der Waals surface area contributed by atoms with Crippen molar-refractivity contribution in [3.05, 3.63) is 16.9 Å². The average Bonchev–Trinajstić information content (AvgIpc) is 2.46. The van der Waals surface area contributed by atoms with Gasteiger partial charge in [0.2, 0.25) is 5.91 Å². The molecule has 0 aliphatic rings. The van der Waals surface area contributed by atoms with Gasteiger partial charge >= 0.3 is 0 Å². The van der Waals surface area contributed by atoms with Crippen molar-refractivity contribution in [2.24, 2.45) is 0 Å². The third-order valence-corrected chi connectivity index (χ3v) is 2.28. The molecule has 0 saturated heterocycles. The summed E-state index contributed by atoms with van der Waals surface area (Å²) < 4.78 is 1.59. The molecule has 0 aliphatic heterocycles. The van der Waals surface area contributed by atoms with Crippen LogP contribution in [0.15, 0.2) is 6.20 Å². The fourth-order valence-electron chi connectivity index (χ4n) is 1.04. The van der Waals surface area contributed by atoms with E-state index in [4.69, 9.17) is 11.6 Å². The van der Waals surface area contributed by atoms with Crippen molar-refractivity contribution in [2.75, 3.05) is 6.54 Å². The zero-order valence-corrected chi connectivity index (χ0v) is 9.14. The van der Waals surface area contributed by atoms with E-state index in [9.17, 15) is 4.79 Å². The lowest BCUT2D eigenvalue weighted by Gasteiger charge is -2.05. The highest BCUT2D eigenvalue weighted by Crippen LogP contribution is 2.12. The van der Waals surface area contributed by atoms with Crippen LogP contribution in [0.25, 0.3) is 0 Å². The fraction of sp³-hybridized carbons (Fsp3) is 0.556. The number of amides is 1. The lowest BCUT2D eigenvalue weighted by Crippen LogP contribution is -2.28. The maximum atomic E-state index is 11.3. The molecule has 0 radical (unpaired) electrons. The van der Waals surface area contributed by atoms with E-state index in [1.165, 1.54) is 0 Å². The van der Waals surface area contributed by atoms with Crippen molar-refractivity contribution in [2.45, 2.75) is 26.8 Å². The van der Waals surface area contributed by atoms with Gasteiger partial charge in [-0.15, -0.1) is 0 Å². The summed E-state index contributed by atoms with van der Waals surface area (Å²) in [4.78, 5) is 11.3. The lowest BCUT2D eigenvalue weighted by atomic mass is 10.4. The monoisotopic (exact) mass is 215 g/mol. The summed E-state index contributed by atoms with van der Waals surface area (Å²) in [6.07, 6.45) is 2.48. The predicted octanol–water partition coefficient (Wildman–Crippen LogP) is 1.37. The number of carbonyl (C=O) groups is 1. The summed E-state index contributed by atoms with van der Waals surface area (Å²) in [7, 11) is 0. The number of hydrogen-bond donors (Lipinski definition) is 1. The molecular formula is C9H14ClN3O. The van der Waals surface area contributed by atoms with E-state index in [0.29, 0.717) is 11.6 Å². The van der Waals surface area contributed by atoms with E-state index in [1.807, 2.05) is 13.8 Å². The molecular weight excluding hydrogens is 202 g/mol. The van der Waals surface area contributed by atoms with E-state index < -0.39 is 0 Å². The van der Waals surface area contributed by atoms with Crippen LogP contribution < -0.4 is 5.32 Å². The Hall–Kier alpha value is -1.03. The van der Waals surface area contributed by atoms with Gasteiger partial charge in [-0.3, -0.25) is 9.48 Å². The second-order valence-electron chi connectivity index (χ2n) is 3.09. The van der Waals surface area contributed by atoms with Crippen LogP contribution in [0.4, 0.5) is 0 Å². The molecule has 14 heavy (non-hydrogen) atoms. The average molecular weight is 216 g/mol. The van der Waals surface area contributed by atoms with Crippen LogP contribution in [-0.4, -0.2) is 22.2 Å². The minimum absolute atomic E-state index is 0.0327. The van der Waals surface area contributed by atoms with Crippen molar-refractivity contribution in [3.8, 4) is 0 Å². The Kier molecular flexibility index (Phi) is 3.95. The van der Waals surface area contributed by atoms with Gasteiger partial charge < -0.3 is 5.32 Å². The second-order valence-corrected chi connectivity index (χ2v) is 3.49. The molecule has 1 rings (SSSR count). The Morgan fingerprint density at radius 2 is 2.43 bits per heavy atom. The molecule has 5 heteroatoms.